The molecule has 2 amide bonds. The van der Waals surface area contributed by atoms with E-state index in [1.165, 1.54) is 4.90 Å². The van der Waals surface area contributed by atoms with Gasteiger partial charge in [0.2, 0.25) is 5.91 Å². The number of aryl methyl sites for hydroxylation is 1. The molecule has 0 bridgehead atoms. The van der Waals surface area contributed by atoms with E-state index in [9.17, 15) is 9.59 Å². The molecule has 0 aliphatic carbocycles. The Hall–Kier alpha value is -2.71. The minimum atomic E-state index is -0.130. The van der Waals surface area contributed by atoms with Gasteiger partial charge in [-0.2, -0.15) is 0 Å². The van der Waals surface area contributed by atoms with Crippen LogP contribution in [0.5, 0.6) is 0 Å². The van der Waals surface area contributed by atoms with Gasteiger partial charge in [-0.25, -0.2) is 0 Å². The number of amides is 2. The fourth-order valence-electron chi connectivity index (χ4n) is 4.25. The molecule has 7 nitrogen and oxygen atoms in total. The van der Waals surface area contributed by atoms with Gasteiger partial charge in [0.25, 0.3) is 5.91 Å². The summed E-state index contributed by atoms with van der Waals surface area (Å²) in [5.74, 6) is -0.180. The molecule has 2 saturated heterocycles. The van der Waals surface area contributed by atoms with Crippen molar-refractivity contribution in [2.75, 3.05) is 19.7 Å². The van der Waals surface area contributed by atoms with E-state index in [4.69, 9.17) is 17.0 Å². The predicted octanol–water partition coefficient (Wildman–Crippen LogP) is 2.58. The number of thiocarbonyl (C=S) groups is 1. The second-order valence-corrected chi connectivity index (χ2v) is 8.24. The van der Waals surface area contributed by atoms with Crippen LogP contribution in [-0.4, -0.2) is 52.2 Å². The van der Waals surface area contributed by atoms with Gasteiger partial charge in [0, 0.05) is 36.8 Å². The third-order valence-electron chi connectivity index (χ3n) is 5.84. The van der Waals surface area contributed by atoms with Gasteiger partial charge in [0.1, 0.15) is 12.2 Å². The van der Waals surface area contributed by atoms with Crippen LogP contribution in [0.25, 0.3) is 17.0 Å². The maximum absolute atomic E-state index is 12.7. The number of fused-ring (bicyclic) bond motifs is 1. The van der Waals surface area contributed by atoms with Crippen LogP contribution in [0, 0.1) is 0 Å². The standard InChI is InChI=1S/C23H28N4O3S/c1-3-15-7-5-9-18-16(11-19-22(29)27(4-2)23(31)25-19)13-26(21(15)18)14-20(28)24-12-17-8-6-10-30-17/h5,7,9,11,13,17H,3-4,6,8,10,12,14H2,1-2H3,(H,24,28)(H,25,31). The first-order valence-electron chi connectivity index (χ1n) is 10.8. The number of nitrogens with one attached hydrogen (secondary N) is 2. The topological polar surface area (TPSA) is 75.6 Å². The second kappa shape index (κ2) is 9.20. The summed E-state index contributed by atoms with van der Waals surface area (Å²) in [6, 6.07) is 6.11. The largest absolute Gasteiger partial charge is 0.376 e. The fraction of sp³-hybridized carbons (Fsp3) is 0.435. The van der Waals surface area contributed by atoms with E-state index in [0.717, 1.165) is 47.9 Å². The number of para-hydroxylation sites is 1. The molecule has 164 valence electrons. The molecule has 1 aromatic carbocycles. The molecular formula is C23H28N4O3S. The molecule has 2 N–H and O–H groups in total. The quantitative estimate of drug-likeness (QED) is 0.511. The summed E-state index contributed by atoms with van der Waals surface area (Å²) in [5, 5.41) is 7.44. The molecule has 2 aromatic rings. The maximum atomic E-state index is 12.7. The Morgan fingerprint density at radius 1 is 1.39 bits per heavy atom. The molecule has 2 fully saturated rings. The Morgan fingerprint density at radius 2 is 2.23 bits per heavy atom. The zero-order valence-electron chi connectivity index (χ0n) is 17.9. The van der Waals surface area contributed by atoms with Crippen LogP contribution in [0.3, 0.4) is 0 Å². The zero-order chi connectivity index (χ0) is 22.0. The summed E-state index contributed by atoms with van der Waals surface area (Å²) < 4.78 is 7.57. The molecule has 1 atom stereocenters. The lowest BCUT2D eigenvalue weighted by atomic mass is 10.1. The van der Waals surface area contributed by atoms with Crippen molar-refractivity contribution in [2.24, 2.45) is 0 Å². The van der Waals surface area contributed by atoms with Gasteiger partial charge in [-0.15, -0.1) is 0 Å². The highest BCUT2D eigenvalue weighted by atomic mass is 32.1. The third kappa shape index (κ3) is 4.36. The molecule has 1 unspecified atom stereocenters. The van der Waals surface area contributed by atoms with E-state index in [0.29, 0.717) is 23.9 Å². The van der Waals surface area contributed by atoms with Crippen LogP contribution in [0.1, 0.15) is 37.8 Å². The fourth-order valence-corrected chi connectivity index (χ4v) is 4.57. The van der Waals surface area contributed by atoms with Crippen molar-refractivity contribution in [1.82, 2.24) is 20.1 Å². The molecule has 31 heavy (non-hydrogen) atoms. The number of hydrogen-bond donors (Lipinski definition) is 2. The normalized spacial score (nSPS) is 20.1. The first-order chi connectivity index (χ1) is 15.0. The van der Waals surface area contributed by atoms with Crippen molar-refractivity contribution in [3.05, 3.63) is 41.2 Å². The van der Waals surface area contributed by atoms with Gasteiger partial charge >= 0.3 is 0 Å². The molecule has 3 heterocycles. The van der Waals surface area contributed by atoms with Crippen LogP contribution in [0.4, 0.5) is 0 Å². The number of benzene rings is 1. The highest BCUT2D eigenvalue weighted by Crippen LogP contribution is 2.28. The van der Waals surface area contributed by atoms with Crippen molar-refractivity contribution < 1.29 is 14.3 Å². The van der Waals surface area contributed by atoms with E-state index in [-0.39, 0.29) is 24.5 Å². The Labute approximate surface area is 187 Å². The minimum Gasteiger partial charge on any atom is -0.376 e. The Bertz CT molecular complexity index is 1050. The van der Waals surface area contributed by atoms with E-state index in [2.05, 4.69) is 23.6 Å². The molecule has 0 saturated carbocycles. The van der Waals surface area contributed by atoms with Gasteiger partial charge < -0.3 is 19.9 Å². The Kier molecular flexibility index (Phi) is 6.38. The SMILES string of the molecule is CCc1cccc2c(C=C3NC(=S)N(CC)C3=O)cn(CC(=O)NCC3CCCO3)c12. The van der Waals surface area contributed by atoms with Crippen molar-refractivity contribution >= 4 is 46.1 Å². The number of ether oxygens (including phenoxy) is 1. The van der Waals surface area contributed by atoms with Crippen molar-refractivity contribution in [2.45, 2.75) is 45.8 Å². The maximum Gasteiger partial charge on any atom is 0.276 e. The van der Waals surface area contributed by atoms with Crippen molar-refractivity contribution in [1.29, 1.82) is 0 Å². The van der Waals surface area contributed by atoms with E-state index >= 15 is 0 Å². The number of rotatable bonds is 7. The summed E-state index contributed by atoms with van der Waals surface area (Å²) in [4.78, 5) is 26.8. The molecule has 2 aliphatic heterocycles. The monoisotopic (exact) mass is 440 g/mol. The number of hydrogen-bond acceptors (Lipinski definition) is 4. The summed E-state index contributed by atoms with van der Waals surface area (Å²) in [7, 11) is 0. The number of carbonyl (C=O) groups is 2. The lowest BCUT2D eigenvalue weighted by Crippen LogP contribution is -2.34. The van der Waals surface area contributed by atoms with Gasteiger partial charge in [-0.1, -0.05) is 25.1 Å². The molecular weight excluding hydrogens is 412 g/mol. The lowest BCUT2D eigenvalue weighted by molar-refractivity contribution is -0.123. The number of nitrogens with zero attached hydrogens (tertiary/aromatic N) is 2. The molecule has 2 aliphatic rings. The smallest absolute Gasteiger partial charge is 0.276 e. The summed E-state index contributed by atoms with van der Waals surface area (Å²) in [5.41, 5.74) is 3.51. The van der Waals surface area contributed by atoms with Crippen LogP contribution in [0.15, 0.2) is 30.1 Å². The number of carbonyl (C=O) groups excluding carboxylic acids is 2. The average Bonchev–Trinajstić information content (AvgIpc) is 3.46. The van der Waals surface area contributed by atoms with Crippen molar-refractivity contribution in [3.63, 3.8) is 0 Å². The Morgan fingerprint density at radius 3 is 2.90 bits per heavy atom. The summed E-state index contributed by atoms with van der Waals surface area (Å²) in [6.07, 6.45) is 6.76. The van der Waals surface area contributed by atoms with Gasteiger partial charge in [-0.05, 0) is 50.0 Å². The molecule has 8 heteroatoms. The van der Waals surface area contributed by atoms with Crippen LogP contribution < -0.4 is 10.6 Å². The minimum absolute atomic E-state index is 0.0501. The first-order valence-corrected chi connectivity index (χ1v) is 11.3. The van der Waals surface area contributed by atoms with Crippen LogP contribution >= 0.6 is 12.2 Å². The van der Waals surface area contributed by atoms with Gasteiger partial charge in [-0.3, -0.25) is 14.5 Å². The van der Waals surface area contributed by atoms with E-state index < -0.39 is 0 Å². The van der Waals surface area contributed by atoms with Crippen LogP contribution in [0.2, 0.25) is 0 Å². The first kappa shape index (κ1) is 21.5. The van der Waals surface area contributed by atoms with E-state index in [1.807, 2.05) is 35.9 Å². The predicted molar refractivity (Wildman–Crippen MR) is 124 cm³/mol. The summed E-state index contributed by atoms with van der Waals surface area (Å²) >= 11 is 5.27. The number of likely N-dealkylation sites (N-methyl/N-ethyl adjacent to an activating group) is 1. The molecule has 0 radical (unpaired) electrons. The van der Waals surface area contributed by atoms with Crippen LogP contribution in [-0.2, 0) is 27.3 Å². The van der Waals surface area contributed by atoms with Gasteiger partial charge in [0.15, 0.2) is 5.11 Å². The second-order valence-electron chi connectivity index (χ2n) is 7.86. The zero-order valence-corrected chi connectivity index (χ0v) is 18.8. The summed E-state index contributed by atoms with van der Waals surface area (Å²) in [6.45, 7) is 6.04. The van der Waals surface area contributed by atoms with E-state index in [1.54, 1.807) is 0 Å². The molecule has 0 spiro atoms. The highest BCUT2D eigenvalue weighted by Gasteiger charge is 2.29. The van der Waals surface area contributed by atoms with Crippen molar-refractivity contribution in [3.8, 4) is 0 Å². The number of aromatic nitrogens is 1. The third-order valence-corrected chi connectivity index (χ3v) is 6.16. The lowest BCUT2D eigenvalue weighted by Gasteiger charge is -2.12. The molecule has 1 aromatic heterocycles. The van der Waals surface area contributed by atoms with Gasteiger partial charge in [0.05, 0.1) is 11.6 Å². The molecule has 4 rings (SSSR count). The highest BCUT2D eigenvalue weighted by molar-refractivity contribution is 7.80. The Balaban J connectivity index is 1.63. The average molecular weight is 441 g/mol.